The molecule has 0 unspecified atom stereocenters. The largest absolute Gasteiger partial charge is 0.477 e. The maximum absolute atomic E-state index is 13.1. The van der Waals surface area contributed by atoms with Crippen molar-refractivity contribution in [1.29, 1.82) is 0 Å². The van der Waals surface area contributed by atoms with Gasteiger partial charge in [0.15, 0.2) is 5.69 Å². The first-order valence-electron chi connectivity index (χ1n) is 5.08. The van der Waals surface area contributed by atoms with Crippen molar-refractivity contribution in [2.24, 2.45) is 0 Å². The minimum Gasteiger partial charge on any atom is -0.477 e. The summed E-state index contributed by atoms with van der Waals surface area (Å²) >= 11 is 0. The number of aromatic nitrogens is 1. The SMILES string of the molecule is CC(=O)Nc1cc(C(=O)O)nc2cc(F)ccc12. The van der Waals surface area contributed by atoms with Crippen molar-refractivity contribution >= 4 is 28.5 Å². The van der Waals surface area contributed by atoms with Gasteiger partial charge in [0.1, 0.15) is 5.82 Å². The van der Waals surface area contributed by atoms with Crippen LogP contribution in [0.4, 0.5) is 10.1 Å². The molecule has 1 aromatic carbocycles. The van der Waals surface area contributed by atoms with E-state index >= 15 is 0 Å². The molecule has 2 aromatic rings. The first kappa shape index (κ1) is 12.0. The van der Waals surface area contributed by atoms with E-state index in [0.717, 1.165) is 6.07 Å². The number of carboxylic acids is 1. The number of aromatic carboxylic acids is 1. The summed E-state index contributed by atoms with van der Waals surface area (Å²) in [5, 5.41) is 11.9. The molecular weight excluding hydrogens is 239 g/mol. The van der Waals surface area contributed by atoms with E-state index in [4.69, 9.17) is 5.11 Å². The van der Waals surface area contributed by atoms with Gasteiger partial charge >= 0.3 is 5.97 Å². The lowest BCUT2D eigenvalue weighted by atomic mass is 10.1. The van der Waals surface area contributed by atoms with Crippen LogP contribution in [0.3, 0.4) is 0 Å². The number of benzene rings is 1. The topological polar surface area (TPSA) is 79.3 Å². The molecule has 0 aliphatic heterocycles. The van der Waals surface area contributed by atoms with Crippen molar-refractivity contribution in [3.63, 3.8) is 0 Å². The Balaban J connectivity index is 2.72. The van der Waals surface area contributed by atoms with E-state index in [-0.39, 0.29) is 17.1 Å². The zero-order valence-corrected chi connectivity index (χ0v) is 9.40. The summed E-state index contributed by atoms with van der Waals surface area (Å²) in [6.45, 7) is 1.30. The number of hydrogen-bond acceptors (Lipinski definition) is 3. The zero-order valence-electron chi connectivity index (χ0n) is 9.40. The van der Waals surface area contributed by atoms with Crippen LogP contribution in [0.1, 0.15) is 17.4 Å². The molecule has 5 nitrogen and oxygen atoms in total. The molecule has 0 aliphatic carbocycles. The Kier molecular flexibility index (Phi) is 2.93. The molecule has 0 saturated heterocycles. The summed E-state index contributed by atoms with van der Waals surface area (Å²) in [6, 6.07) is 5.02. The van der Waals surface area contributed by atoms with E-state index in [1.807, 2.05) is 0 Å². The molecule has 2 rings (SSSR count). The van der Waals surface area contributed by atoms with Gasteiger partial charge in [-0.3, -0.25) is 4.79 Å². The molecule has 0 fully saturated rings. The molecule has 1 amide bonds. The van der Waals surface area contributed by atoms with Crippen molar-refractivity contribution in [2.45, 2.75) is 6.92 Å². The van der Waals surface area contributed by atoms with E-state index in [0.29, 0.717) is 11.1 Å². The molecule has 2 N–H and O–H groups in total. The van der Waals surface area contributed by atoms with Gasteiger partial charge in [0, 0.05) is 18.4 Å². The van der Waals surface area contributed by atoms with E-state index in [1.54, 1.807) is 0 Å². The van der Waals surface area contributed by atoms with E-state index in [1.165, 1.54) is 25.1 Å². The molecule has 1 heterocycles. The molecule has 0 radical (unpaired) electrons. The number of halogens is 1. The number of carbonyl (C=O) groups excluding carboxylic acids is 1. The lowest BCUT2D eigenvalue weighted by molar-refractivity contribution is -0.114. The smallest absolute Gasteiger partial charge is 0.354 e. The van der Waals surface area contributed by atoms with Crippen molar-refractivity contribution in [3.8, 4) is 0 Å². The fourth-order valence-electron chi connectivity index (χ4n) is 1.60. The Bertz CT molecular complexity index is 655. The van der Waals surface area contributed by atoms with E-state index in [2.05, 4.69) is 10.3 Å². The Hall–Kier alpha value is -2.50. The molecule has 92 valence electrons. The standard InChI is InChI=1S/C12H9FN2O3/c1-6(16)14-10-5-11(12(17)18)15-9-4-7(13)2-3-8(9)10/h2-5H,1H3,(H,17,18)(H,14,15,16). The van der Waals surface area contributed by atoms with Crippen LogP contribution < -0.4 is 5.32 Å². The summed E-state index contributed by atoms with van der Waals surface area (Å²) in [7, 11) is 0. The monoisotopic (exact) mass is 248 g/mol. The number of fused-ring (bicyclic) bond motifs is 1. The maximum atomic E-state index is 13.1. The number of hydrogen-bond donors (Lipinski definition) is 2. The van der Waals surface area contributed by atoms with Crippen LogP contribution in [0.5, 0.6) is 0 Å². The minimum absolute atomic E-state index is 0.179. The van der Waals surface area contributed by atoms with Crippen molar-refractivity contribution in [3.05, 3.63) is 35.8 Å². The van der Waals surface area contributed by atoms with Crippen molar-refractivity contribution < 1.29 is 19.1 Å². The van der Waals surface area contributed by atoms with Crippen LogP contribution in [-0.4, -0.2) is 22.0 Å². The predicted octanol–water partition coefficient (Wildman–Crippen LogP) is 2.03. The molecule has 0 bridgehead atoms. The summed E-state index contributed by atoms with van der Waals surface area (Å²) in [5.74, 6) is -2.11. The van der Waals surface area contributed by atoms with Gasteiger partial charge in [-0.2, -0.15) is 0 Å². The summed E-state index contributed by atoms with van der Waals surface area (Å²) in [6.07, 6.45) is 0. The van der Waals surface area contributed by atoms with Gasteiger partial charge in [0.25, 0.3) is 0 Å². The molecule has 1 aromatic heterocycles. The number of rotatable bonds is 2. The fourth-order valence-corrected chi connectivity index (χ4v) is 1.60. The van der Waals surface area contributed by atoms with Gasteiger partial charge in [-0.1, -0.05) is 0 Å². The number of anilines is 1. The lowest BCUT2D eigenvalue weighted by Crippen LogP contribution is -2.09. The van der Waals surface area contributed by atoms with Gasteiger partial charge in [0.2, 0.25) is 5.91 Å². The summed E-state index contributed by atoms with van der Waals surface area (Å²) in [4.78, 5) is 25.8. The van der Waals surface area contributed by atoms with Gasteiger partial charge in [-0.05, 0) is 18.2 Å². The fraction of sp³-hybridized carbons (Fsp3) is 0.0833. The second-order valence-electron chi connectivity index (χ2n) is 3.70. The second-order valence-corrected chi connectivity index (χ2v) is 3.70. The summed E-state index contributed by atoms with van der Waals surface area (Å²) < 4.78 is 13.1. The Morgan fingerprint density at radius 1 is 1.33 bits per heavy atom. The number of carbonyl (C=O) groups is 2. The molecule has 0 aliphatic rings. The van der Waals surface area contributed by atoms with Crippen LogP contribution >= 0.6 is 0 Å². The molecule has 18 heavy (non-hydrogen) atoms. The van der Waals surface area contributed by atoms with Crippen molar-refractivity contribution in [2.75, 3.05) is 5.32 Å². The number of pyridine rings is 1. The minimum atomic E-state index is -1.24. The highest BCUT2D eigenvalue weighted by molar-refractivity contribution is 6.02. The molecular formula is C12H9FN2O3. The average molecular weight is 248 g/mol. The van der Waals surface area contributed by atoms with Gasteiger partial charge in [-0.25, -0.2) is 14.2 Å². The summed E-state index contributed by atoms with van der Waals surface area (Å²) in [5.41, 5.74) is 0.223. The Morgan fingerprint density at radius 2 is 2.06 bits per heavy atom. The number of nitrogens with one attached hydrogen (secondary N) is 1. The van der Waals surface area contributed by atoms with Crippen LogP contribution in [0, 0.1) is 5.82 Å². The first-order chi connectivity index (χ1) is 8.47. The van der Waals surface area contributed by atoms with Crippen LogP contribution in [0.15, 0.2) is 24.3 Å². The molecule has 0 atom stereocenters. The molecule has 0 saturated carbocycles. The van der Waals surface area contributed by atoms with Crippen LogP contribution in [0.2, 0.25) is 0 Å². The zero-order chi connectivity index (χ0) is 13.3. The third-order valence-corrected chi connectivity index (χ3v) is 2.30. The number of amides is 1. The normalized spacial score (nSPS) is 10.3. The van der Waals surface area contributed by atoms with E-state index < -0.39 is 11.8 Å². The Morgan fingerprint density at radius 3 is 2.67 bits per heavy atom. The highest BCUT2D eigenvalue weighted by atomic mass is 19.1. The van der Waals surface area contributed by atoms with Crippen molar-refractivity contribution in [1.82, 2.24) is 4.98 Å². The number of carboxylic acid groups (broad SMARTS) is 1. The average Bonchev–Trinajstić information content (AvgIpc) is 2.27. The lowest BCUT2D eigenvalue weighted by Gasteiger charge is -2.08. The third kappa shape index (κ3) is 2.27. The Labute approximate surface area is 101 Å². The molecule has 0 spiro atoms. The first-order valence-corrected chi connectivity index (χ1v) is 5.08. The third-order valence-electron chi connectivity index (χ3n) is 2.30. The highest BCUT2D eigenvalue weighted by Crippen LogP contribution is 2.24. The van der Waals surface area contributed by atoms with Gasteiger partial charge in [-0.15, -0.1) is 0 Å². The second kappa shape index (κ2) is 4.40. The quantitative estimate of drug-likeness (QED) is 0.852. The maximum Gasteiger partial charge on any atom is 0.354 e. The van der Waals surface area contributed by atoms with Crippen LogP contribution in [-0.2, 0) is 4.79 Å². The number of nitrogens with zero attached hydrogens (tertiary/aromatic N) is 1. The van der Waals surface area contributed by atoms with Gasteiger partial charge in [0.05, 0.1) is 11.2 Å². The van der Waals surface area contributed by atoms with Gasteiger partial charge < -0.3 is 10.4 Å². The van der Waals surface area contributed by atoms with Crippen LogP contribution in [0.25, 0.3) is 10.9 Å². The highest BCUT2D eigenvalue weighted by Gasteiger charge is 2.12. The van der Waals surface area contributed by atoms with E-state index in [9.17, 15) is 14.0 Å². The molecule has 6 heteroatoms. The predicted molar refractivity (Wildman–Crippen MR) is 63.0 cm³/mol.